The van der Waals surface area contributed by atoms with E-state index >= 15 is 0 Å². The van der Waals surface area contributed by atoms with Crippen molar-refractivity contribution in [1.29, 1.82) is 0 Å². The Labute approximate surface area is 138 Å². The van der Waals surface area contributed by atoms with E-state index in [9.17, 15) is 4.39 Å². The van der Waals surface area contributed by atoms with Gasteiger partial charge >= 0.3 is 0 Å². The molecule has 0 radical (unpaired) electrons. The molecule has 1 saturated carbocycles. The average Bonchev–Trinajstić information content (AvgIpc) is 2.51. The molecule has 1 aromatic rings. The molecule has 5 heteroatoms. The van der Waals surface area contributed by atoms with Crippen molar-refractivity contribution in [3.63, 3.8) is 0 Å². The molecule has 128 valence electrons. The molecule has 1 fully saturated rings. The predicted molar refractivity (Wildman–Crippen MR) is 92.0 cm³/mol. The summed E-state index contributed by atoms with van der Waals surface area (Å²) in [6.45, 7) is 5.03. The molecule has 4 nitrogen and oxygen atoms in total. The zero-order valence-electron chi connectivity index (χ0n) is 14.2. The van der Waals surface area contributed by atoms with Crippen LogP contribution in [-0.2, 0) is 11.3 Å². The van der Waals surface area contributed by atoms with Crippen LogP contribution in [-0.4, -0.2) is 32.8 Å². The summed E-state index contributed by atoms with van der Waals surface area (Å²) in [5.41, 5.74) is 1.21. The highest BCUT2D eigenvalue weighted by atomic mass is 19.1. The van der Waals surface area contributed by atoms with Crippen LogP contribution in [0.25, 0.3) is 0 Å². The maximum Gasteiger partial charge on any atom is 0.191 e. The second-order valence-electron chi connectivity index (χ2n) is 6.27. The van der Waals surface area contributed by atoms with E-state index in [0.717, 1.165) is 37.6 Å². The van der Waals surface area contributed by atoms with Crippen molar-refractivity contribution in [2.45, 2.75) is 39.2 Å². The standard InChI is InChI=1S/C18H28FN3O/c1-3-20-17(21-13-15-6-4-7-16(19)12-15)22-14-18(8-5-9-18)10-11-23-2/h4,6-7,12H,3,5,8-11,13-14H2,1-2H3,(H2,20,21,22). The quantitative estimate of drug-likeness (QED) is 0.571. The average molecular weight is 321 g/mol. The Hall–Kier alpha value is -1.62. The monoisotopic (exact) mass is 321 g/mol. The van der Waals surface area contributed by atoms with Crippen LogP contribution in [0, 0.1) is 11.2 Å². The summed E-state index contributed by atoms with van der Waals surface area (Å²) < 4.78 is 18.5. The van der Waals surface area contributed by atoms with Crippen LogP contribution in [0.15, 0.2) is 29.3 Å². The van der Waals surface area contributed by atoms with Crippen molar-refractivity contribution < 1.29 is 9.13 Å². The largest absolute Gasteiger partial charge is 0.385 e. The minimum absolute atomic E-state index is 0.219. The van der Waals surface area contributed by atoms with Crippen LogP contribution in [0.2, 0.25) is 0 Å². The van der Waals surface area contributed by atoms with E-state index in [1.807, 2.05) is 13.0 Å². The van der Waals surface area contributed by atoms with E-state index in [-0.39, 0.29) is 5.82 Å². The van der Waals surface area contributed by atoms with Gasteiger partial charge in [-0.2, -0.15) is 0 Å². The maximum absolute atomic E-state index is 13.2. The third kappa shape index (κ3) is 5.50. The lowest BCUT2D eigenvalue weighted by molar-refractivity contribution is 0.0732. The van der Waals surface area contributed by atoms with Crippen LogP contribution in [0.4, 0.5) is 4.39 Å². The molecule has 1 aliphatic carbocycles. The van der Waals surface area contributed by atoms with Crippen LogP contribution in [0.3, 0.4) is 0 Å². The Kier molecular flexibility index (Phi) is 6.84. The van der Waals surface area contributed by atoms with Crippen molar-refractivity contribution in [2.24, 2.45) is 10.4 Å². The van der Waals surface area contributed by atoms with Gasteiger partial charge in [-0.05, 0) is 49.3 Å². The number of ether oxygens (including phenoxy) is 1. The van der Waals surface area contributed by atoms with Crippen LogP contribution in [0.5, 0.6) is 0 Å². The van der Waals surface area contributed by atoms with Crippen molar-refractivity contribution in [3.8, 4) is 0 Å². The van der Waals surface area contributed by atoms with Crippen molar-refractivity contribution >= 4 is 5.96 Å². The first-order valence-corrected chi connectivity index (χ1v) is 8.43. The lowest BCUT2D eigenvalue weighted by Crippen LogP contribution is -2.46. The molecule has 23 heavy (non-hydrogen) atoms. The number of benzene rings is 1. The zero-order chi connectivity index (χ0) is 16.5. The molecule has 0 heterocycles. The van der Waals surface area contributed by atoms with Gasteiger partial charge in [-0.3, -0.25) is 0 Å². The van der Waals surface area contributed by atoms with E-state index in [1.165, 1.54) is 31.4 Å². The fraction of sp³-hybridized carbons (Fsp3) is 0.611. The van der Waals surface area contributed by atoms with Gasteiger partial charge in [0.15, 0.2) is 5.96 Å². The van der Waals surface area contributed by atoms with Gasteiger partial charge in [0, 0.05) is 26.8 Å². The Morgan fingerprint density at radius 1 is 1.35 bits per heavy atom. The lowest BCUT2D eigenvalue weighted by Gasteiger charge is -2.42. The highest BCUT2D eigenvalue weighted by Gasteiger charge is 2.36. The van der Waals surface area contributed by atoms with Gasteiger partial charge in [0.25, 0.3) is 0 Å². The number of nitrogens with zero attached hydrogens (tertiary/aromatic N) is 1. The summed E-state index contributed by atoms with van der Waals surface area (Å²) >= 11 is 0. The minimum atomic E-state index is -0.219. The second-order valence-corrected chi connectivity index (χ2v) is 6.27. The molecule has 0 aromatic heterocycles. The number of halogens is 1. The maximum atomic E-state index is 13.2. The Balaban J connectivity index is 1.91. The molecular formula is C18H28FN3O. The normalized spacial score (nSPS) is 16.7. The summed E-state index contributed by atoms with van der Waals surface area (Å²) in [5, 5.41) is 6.71. The number of hydrogen-bond acceptors (Lipinski definition) is 2. The van der Waals surface area contributed by atoms with Gasteiger partial charge in [0.05, 0.1) is 6.54 Å². The second kappa shape index (κ2) is 8.87. The molecule has 0 atom stereocenters. The van der Waals surface area contributed by atoms with Crippen molar-refractivity contribution in [1.82, 2.24) is 10.6 Å². The number of hydrogen-bond donors (Lipinski definition) is 2. The zero-order valence-corrected chi connectivity index (χ0v) is 14.2. The summed E-state index contributed by atoms with van der Waals surface area (Å²) in [6.07, 6.45) is 4.86. The van der Waals surface area contributed by atoms with E-state index in [4.69, 9.17) is 4.74 Å². The summed E-state index contributed by atoms with van der Waals surface area (Å²) in [5.74, 6) is 0.573. The number of methoxy groups -OCH3 is 1. The summed E-state index contributed by atoms with van der Waals surface area (Å²) in [6, 6.07) is 6.59. The minimum Gasteiger partial charge on any atom is -0.385 e. The van der Waals surface area contributed by atoms with Crippen LogP contribution in [0.1, 0.15) is 38.2 Å². The number of nitrogens with one attached hydrogen (secondary N) is 2. The van der Waals surface area contributed by atoms with E-state index in [1.54, 1.807) is 13.2 Å². The highest BCUT2D eigenvalue weighted by molar-refractivity contribution is 5.79. The first kappa shape index (κ1) is 17.7. The molecule has 0 saturated heterocycles. The molecule has 0 aliphatic heterocycles. The predicted octanol–water partition coefficient (Wildman–Crippen LogP) is 3.09. The lowest BCUT2D eigenvalue weighted by atomic mass is 9.67. The summed E-state index contributed by atoms with van der Waals surface area (Å²) in [4.78, 5) is 4.56. The van der Waals surface area contributed by atoms with Crippen LogP contribution >= 0.6 is 0 Å². The van der Waals surface area contributed by atoms with Gasteiger partial charge < -0.3 is 15.4 Å². The number of rotatable bonds is 8. The Morgan fingerprint density at radius 3 is 2.78 bits per heavy atom. The molecule has 2 rings (SSSR count). The molecule has 1 aliphatic rings. The van der Waals surface area contributed by atoms with Crippen molar-refractivity contribution in [2.75, 3.05) is 26.8 Å². The Morgan fingerprint density at radius 2 is 2.17 bits per heavy atom. The fourth-order valence-corrected chi connectivity index (χ4v) is 2.93. The van der Waals surface area contributed by atoms with Gasteiger partial charge in [-0.1, -0.05) is 18.6 Å². The molecule has 0 unspecified atom stereocenters. The molecule has 1 aromatic carbocycles. The Bertz CT molecular complexity index is 515. The third-order valence-electron chi connectivity index (χ3n) is 4.53. The topological polar surface area (TPSA) is 45.7 Å². The van der Waals surface area contributed by atoms with Gasteiger partial charge in [0.2, 0.25) is 0 Å². The molecule has 0 amide bonds. The molecular weight excluding hydrogens is 293 g/mol. The van der Waals surface area contributed by atoms with Crippen molar-refractivity contribution in [3.05, 3.63) is 35.6 Å². The first-order valence-electron chi connectivity index (χ1n) is 8.43. The van der Waals surface area contributed by atoms with E-state index < -0.39 is 0 Å². The van der Waals surface area contributed by atoms with E-state index in [2.05, 4.69) is 15.6 Å². The molecule has 2 N–H and O–H groups in total. The van der Waals surface area contributed by atoms with Gasteiger partial charge in [0.1, 0.15) is 5.82 Å². The van der Waals surface area contributed by atoms with Gasteiger partial charge in [-0.15, -0.1) is 0 Å². The fourth-order valence-electron chi connectivity index (χ4n) is 2.93. The van der Waals surface area contributed by atoms with Gasteiger partial charge in [-0.25, -0.2) is 9.38 Å². The van der Waals surface area contributed by atoms with E-state index in [0.29, 0.717) is 12.0 Å². The first-order chi connectivity index (χ1) is 11.2. The SMILES string of the molecule is CCNC(=NCc1cccc(F)c1)NCC1(CCOC)CCC1. The molecule has 0 bridgehead atoms. The van der Waals surface area contributed by atoms with Crippen LogP contribution < -0.4 is 10.6 Å². The molecule has 0 spiro atoms. The number of guanidine groups is 1. The smallest absolute Gasteiger partial charge is 0.191 e. The highest BCUT2D eigenvalue weighted by Crippen LogP contribution is 2.43. The third-order valence-corrected chi connectivity index (χ3v) is 4.53. The number of aliphatic imine (C=N–C) groups is 1. The summed E-state index contributed by atoms with van der Waals surface area (Å²) in [7, 11) is 1.75.